The second kappa shape index (κ2) is 6.99. The largest absolute Gasteiger partial charge is 0.390 e. The minimum absolute atomic E-state index is 0.0501. The molecule has 1 saturated heterocycles. The topological polar surface area (TPSA) is 40.5 Å². The maximum Gasteiger partial charge on any atom is 0.232 e. The second-order valence-electron chi connectivity index (χ2n) is 5.47. The Morgan fingerprint density at radius 3 is 2.36 bits per heavy atom. The Balaban J connectivity index is 1.74. The van der Waals surface area contributed by atoms with Gasteiger partial charge in [-0.25, -0.2) is 0 Å². The molecule has 0 spiro atoms. The van der Waals surface area contributed by atoms with Gasteiger partial charge in [0.05, 0.1) is 17.1 Å². The average Bonchev–Trinajstić information content (AvgIpc) is 2.69. The lowest BCUT2D eigenvalue weighted by Gasteiger charge is -2.24. The molecule has 3 nitrogen and oxygen atoms in total. The Morgan fingerprint density at radius 2 is 1.68 bits per heavy atom. The van der Waals surface area contributed by atoms with E-state index in [0.717, 1.165) is 11.1 Å². The number of benzene rings is 2. The zero-order valence-electron chi connectivity index (χ0n) is 12.3. The zero-order valence-corrected chi connectivity index (χ0v) is 13.1. The van der Waals surface area contributed by atoms with Gasteiger partial charge in [-0.05, 0) is 11.1 Å². The van der Waals surface area contributed by atoms with Crippen molar-refractivity contribution in [1.29, 1.82) is 0 Å². The van der Waals surface area contributed by atoms with E-state index >= 15 is 0 Å². The van der Waals surface area contributed by atoms with Crippen LogP contribution in [-0.4, -0.2) is 34.3 Å². The lowest BCUT2D eigenvalue weighted by molar-refractivity contribution is -0.130. The van der Waals surface area contributed by atoms with Crippen LogP contribution in [0.2, 0.25) is 0 Å². The molecule has 2 atom stereocenters. The Labute approximate surface area is 135 Å². The highest BCUT2D eigenvalue weighted by Gasteiger charge is 2.30. The van der Waals surface area contributed by atoms with Crippen molar-refractivity contribution >= 4 is 17.7 Å². The van der Waals surface area contributed by atoms with Crippen LogP contribution in [0.1, 0.15) is 16.4 Å². The van der Waals surface area contributed by atoms with E-state index in [9.17, 15) is 9.90 Å². The number of aliphatic hydroxyl groups excluding tert-OH is 1. The van der Waals surface area contributed by atoms with E-state index in [1.54, 1.807) is 4.90 Å². The summed E-state index contributed by atoms with van der Waals surface area (Å²) >= 11 is 1.53. The summed E-state index contributed by atoms with van der Waals surface area (Å²) in [6, 6.07) is 19.8. The molecular weight excluding hydrogens is 294 g/mol. The number of amides is 1. The molecule has 0 radical (unpaired) electrons. The predicted octanol–water partition coefficient (Wildman–Crippen LogP) is 2.86. The third-order valence-corrected chi connectivity index (χ3v) is 5.20. The summed E-state index contributed by atoms with van der Waals surface area (Å²) in [4.78, 5) is 14.1. The van der Waals surface area contributed by atoms with Gasteiger partial charge < -0.3 is 10.0 Å². The Morgan fingerprint density at radius 1 is 1.05 bits per heavy atom. The molecule has 22 heavy (non-hydrogen) atoms. The first-order valence-electron chi connectivity index (χ1n) is 7.40. The van der Waals surface area contributed by atoms with Crippen LogP contribution in [0.5, 0.6) is 0 Å². The predicted molar refractivity (Wildman–Crippen MR) is 89.5 cm³/mol. The fraction of sp³-hybridized carbons (Fsp3) is 0.278. The van der Waals surface area contributed by atoms with Crippen molar-refractivity contribution in [2.75, 3.05) is 12.3 Å². The lowest BCUT2D eigenvalue weighted by atomic mass is 10.1. The fourth-order valence-electron chi connectivity index (χ4n) is 2.70. The van der Waals surface area contributed by atoms with Gasteiger partial charge in [0.15, 0.2) is 0 Å². The van der Waals surface area contributed by atoms with Crippen molar-refractivity contribution < 1.29 is 9.90 Å². The first kappa shape index (κ1) is 15.1. The molecule has 2 aromatic rings. The highest BCUT2D eigenvalue weighted by molar-refractivity contribution is 8.00. The van der Waals surface area contributed by atoms with Gasteiger partial charge in [0, 0.05) is 13.1 Å². The highest BCUT2D eigenvalue weighted by atomic mass is 32.2. The Hall–Kier alpha value is -1.78. The summed E-state index contributed by atoms with van der Waals surface area (Å²) in [5.74, 6) is 0.495. The number of nitrogens with zero attached hydrogens (tertiary/aromatic N) is 1. The third kappa shape index (κ3) is 3.51. The van der Waals surface area contributed by atoms with Crippen molar-refractivity contribution in [2.24, 2.45) is 0 Å². The standard InChI is InChI=1S/C18H19NO2S/c20-16-12-19(11-14-7-3-1-4-8-14)17(21)13-22-18(16)15-9-5-2-6-10-15/h1-10,16,18,20H,11-13H2/t16-,18-/m0/s1. The van der Waals surface area contributed by atoms with Crippen LogP contribution in [0.25, 0.3) is 0 Å². The number of β-amino-alcohol motifs (C(OH)–C–C–N with tert-alkyl or cyclic N) is 1. The summed E-state index contributed by atoms with van der Waals surface area (Å²) in [7, 11) is 0. The zero-order chi connectivity index (χ0) is 15.4. The first-order chi connectivity index (χ1) is 10.7. The van der Waals surface area contributed by atoms with E-state index in [0.29, 0.717) is 18.8 Å². The second-order valence-corrected chi connectivity index (χ2v) is 6.60. The van der Waals surface area contributed by atoms with Gasteiger partial charge in [-0.2, -0.15) is 0 Å². The summed E-state index contributed by atoms with van der Waals surface area (Å²) in [5, 5.41) is 10.5. The molecule has 1 N–H and O–H groups in total. The molecular formula is C18H19NO2S. The minimum Gasteiger partial charge on any atom is -0.390 e. The third-order valence-electron chi connectivity index (χ3n) is 3.84. The monoisotopic (exact) mass is 313 g/mol. The van der Waals surface area contributed by atoms with Crippen LogP contribution >= 0.6 is 11.8 Å². The fourth-order valence-corrected chi connectivity index (χ4v) is 3.87. The molecule has 0 aromatic heterocycles. The molecule has 4 heteroatoms. The summed E-state index contributed by atoms with van der Waals surface area (Å²) in [6.45, 7) is 0.930. The van der Waals surface area contributed by atoms with Gasteiger partial charge in [-0.1, -0.05) is 60.7 Å². The molecule has 114 valence electrons. The number of hydrogen-bond donors (Lipinski definition) is 1. The quantitative estimate of drug-likeness (QED) is 0.947. The van der Waals surface area contributed by atoms with Gasteiger partial charge in [-0.3, -0.25) is 4.79 Å². The van der Waals surface area contributed by atoms with Gasteiger partial charge in [-0.15, -0.1) is 11.8 Å². The number of hydrogen-bond acceptors (Lipinski definition) is 3. The normalized spacial score (nSPS) is 22.4. The number of carbonyl (C=O) groups is 1. The molecule has 3 rings (SSSR count). The summed E-state index contributed by atoms with van der Waals surface area (Å²) in [5.41, 5.74) is 2.17. The van der Waals surface area contributed by atoms with Crippen LogP contribution in [0, 0.1) is 0 Å². The smallest absolute Gasteiger partial charge is 0.232 e. The molecule has 1 aliphatic rings. The molecule has 1 fully saturated rings. The molecule has 0 saturated carbocycles. The van der Waals surface area contributed by atoms with E-state index in [-0.39, 0.29) is 11.2 Å². The molecule has 0 aliphatic carbocycles. The highest BCUT2D eigenvalue weighted by Crippen LogP contribution is 2.35. The van der Waals surface area contributed by atoms with Gasteiger partial charge >= 0.3 is 0 Å². The van der Waals surface area contributed by atoms with E-state index in [1.165, 1.54) is 11.8 Å². The van der Waals surface area contributed by atoms with Crippen molar-refractivity contribution in [3.05, 3.63) is 71.8 Å². The minimum atomic E-state index is -0.553. The van der Waals surface area contributed by atoms with Crippen molar-refractivity contribution in [3.63, 3.8) is 0 Å². The molecule has 1 heterocycles. The Bertz CT molecular complexity index is 617. The molecule has 0 bridgehead atoms. The van der Waals surface area contributed by atoms with Crippen molar-refractivity contribution in [3.8, 4) is 0 Å². The number of carbonyl (C=O) groups excluding carboxylic acids is 1. The number of aliphatic hydroxyl groups is 1. The van der Waals surface area contributed by atoms with Crippen LogP contribution in [0.4, 0.5) is 0 Å². The van der Waals surface area contributed by atoms with Crippen molar-refractivity contribution in [1.82, 2.24) is 4.90 Å². The SMILES string of the molecule is O=C1CS[C@@H](c2ccccc2)[C@@H](O)CN1Cc1ccccc1. The van der Waals surface area contributed by atoms with E-state index in [2.05, 4.69) is 0 Å². The molecule has 2 aromatic carbocycles. The first-order valence-corrected chi connectivity index (χ1v) is 8.45. The Kier molecular flexibility index (Phi) is 4.80. The molecule has 0 unspecified atom stereocenters. The molecule has 1 amide bonds. The maximum atomic E-state index is 12.3. The summed E-state index contributed by atoms with van der Waals surface area (Å²) < 4.78 is 0. The van der Waals surface area contributed by atoms with Gasteiger partial charge in [0.2, 0.25) is 5.91 Å². The lowest BCUT2D eigenvalue weighted by Crippen LogP contribution is -2.36. The average molecular weight is 313 g/mol. The number of rotatable bonds is 3. The van der Waals surface area contributed by atoms with E-state index in [4.69, 9.17) is 0 Å². The molecule has 1 aliphatic heterocycles. The van der Waals surface area contributed by atoms with Crippen LogP contribution < -0.4 is 0 Å². The maximum absolute atomic E-state index is 12.3. The van der Waals surface area contributed by atoms with E-state index in [1.807, 2.05) is 60.7 Å². The van der Waals surface area contributed by atoms with Gasteiger partial charge in [0.1, 0.15) is 0 Å². The van der Waals surface area contributed by atoms with E-state index < -0.39 is 6.10 Å². The van der Waals surface area contributed by atoms with Crippen LogP contribution in [0.3, 0.4) is 0 Å². The van der Waals surface area contributed by atoms with Crippen LogP contribution in [0.15, 0.2) is 60.7 Å². The summed E-state index contributed by atoms with van der Waals surface area (Å²) in [6.07, 6.45) is -0.553. The van der Waals surface area contributed by atoms with Crippen LogP contribution in [-0.2, 0) is 11.3 Å². The van der Waals surface area contributed by atoms with Crippen molar-refractivity contribution in [2.45, 2.75) is 17.9 Å². The number of thioether (sulfide) groups is 1. The van der Waals surface area contributed by atoms with Gasteiger partial charge in [0.25, 0.3) is 0 Å².